The lowest BCUT2D eigenvalue weighted by Gasteiger charge is -2.27. The number of ether oxygens (including phenoxy) is 2. The van der Waals surface area contributed by atoms with E-state index in [0.717, 1.165) is 0 Å². The smallest absolute Gasteiger partial charge is 0.405 e. The van der Waals surface area contributed by atoms with Crippen molar-refractivity contribution >= 4 is 0 Å². The average Bonchev–Trinajstić information content (AvgIpc) is 2.31. The quantitative estimate of drug-likeness (QED) is 0.831. The summed E-state index contributed by atoms with van der Waals surface area (Å²) in [5.41, 5.74) is 0.414. The van der Waals surface area contributed by atoms with E-state index in [9.17, 15) is 13.2 Å². The van der Waals surface area contributed by atoms with Crippen LogP contribution in [0.1, 0.15) is 5.56 Å². The maximum atomic E-state index is 12.2. The standard InChI is InChI=1S/C12H13F3NO2/c13-12(14,15)18-11-4-2-1-3-10(11)9-16-5-7-17-8-6-16/h1-2,4H,5-9H2. The summed E-state index contributed by atoms with van der Waals surface area (Å²) in [6.07, 6.45) is -4.67. The molecule has 0 amide bonds. The summed E-state index contributed by atoms with van der Waals surface area (Å²) >= 11 is 0. The Hall–Kier alpha value is -1.27. The minimum absolute atomic E-state index is 0.184. The van der Waals surface area contributed by atoms with Gasteiger partial charge >= 0.3 is 6.36 Å². The number of hydrogen-bond donors (Lipinski definition) is 0. The summed E-state index contributed by atoms with van der Waals surface area (Å²) < 4.78 is 45.9. The predicted molar refractivity (Wildman–Crippen MR) is 58.1 cm³/mol. The van der Waals surface area contributed by atoms with Crippen LogP contribution in [0.2, 0.25) is 0 Å². The molecule has 1 fully saturated rings. The number of hydrogen-bond acceptors (Lipinski definition) is 3. The first-order chi connectivity index (χ1) is 8.54. The molecule has 0 N–H and O–H groups in total. The molecule has 0 atom stereocenters. The fraction of sp³-hybridized carbons (Fsp3) is 0.500. The van der Waals surface area contributed by atoms with E-state index in [1.807, 2.05) is 4.90 Å². The molecular weight excluding hydrogens is 247 g/mol. The third-order valence-corrected chi connectivity index (χ3v) is 2.61. The van der Waals surface area contributed by atoms with Crippen LogP contribution in [0.3, 0.4) is 0 Å². The SMILES string of the molecule is FC(F)(F)Oc1ccc[c]c1CN1CCOCC1. The molecule has 0 aromatic heterocycles. The van der Waals surface area contributed by atoms with Crippen molar-refractivity contribution in [3.8, 4) is 5.75 Å². The molecule has 1 aromatic rings. The Morgan fingerprint density at radius 1 is 1.33 bits per heavy atom. The normalized spacial score (nSPS) is 17.7. The van der Waals surface area contributed by atoms with Crippen molar-refractivity contribution in [2.75, 3.05) is 26.3 Å². The molecule has 0 saturated carbocycles. The Bertz CT molecular complexity index is 389. The van der Waals surface area contributed by atoms with Crippen LogP contribution in [0.5, 0.6) is 5.75 Å². The van der Waals surface area contributed by atoms with Crippen LogP contribution in [0.25, 0.3) is 0 Å². The lowest BCUT2D eigenvalue weighted by atomic mass is 10.2. The first kappa shape index (κ1) is 13.2. The number of morpholine rings is 1. The zero-order chi connectivity index (χ0) is 13.0. The highest BCUT2D eigenvalue weighted by molar-refractivity contribution is 5.32. The van der Waals surface area contributed by atoms with Gasteiger partial charge in [-0.05, 0) is 12.1 Å². The van der Waals surface area contributed by atoms with Crippen LogP contribution < -0.4 is 4.74 Å². The van der Waals surface area contributed by atoms with Crippen molar-refractivity contribution in [2.45, 2.75) is 12.9 Å². The Morgan fingerprint density at radius 2 is 2.06 bits per heavy atom. The highest BCUT2D eigenvalue weighted by atomic mass is 19.4. The molecule has 3 nitrogen and oxygen atoms in total. The second-order valence-corrected chi connectivity index (χ2v) is 3.95. The zero-order valence-corrected chi connectivity index (χ0v) is 9.67. The topological polar surface area (TPSA) is 21.7 Å². The third-order valence-electron chi connectivity index (χ3n) is 2.61. The van der Waals surface area contributed by atoms with Crippen molar-refractivity contribution in [2.24, 2.45) is 0 Å². The van der Waals surface area contributed by atoms with Crippen LogP contribution in [0.4, 0.5) is 13.2 Å². The first-order valence-electron chi connectivity index (χ1n) is 5.60. The van der Waals surface area contributed by atoms with E-state index >= 15 is 0 Å². The molecule has 1 aliphatic heterocycles. The number of benzene rings is 1. The molecule has 2 rings (SSSR count). The van der Waals surface area contributed by atoms with Crippen LogP contribution >= 0.6 is 0 Å². The number of rotatable bonds is 3. The largest absolute Gasteiger partial charge is 0.573 e. The monoisotopic (exact) mass is 260 g/mol. The first-order valence-corrected chi connectivity index (χ1v) is 5.60. The van der Waals surface area contributed by atoms with Crippen molar-refractivity contribution in [3.05, 3.63) is 29.8 Å². The fourth-order valence-corrected chi connectivity index (χ4v) is 1.78. The molecular formula is C12H13F3NO2. The summed E-state index contributed by atoms with van der Waals surface area (Å²) in [6, 6.07) is 7.16. The van der Waals surface area contributed by atoms with Crippen LogP contribution in [0, 0.1) is 6.07 Å². The van der Waals surface area contributed by atoms with Crippen LogP contribution in [-0.2, 0) is 11.3 Å². The highest BCUT2D eigenvalue weighted by Gasteiger charge is 2.32. The van der Waals surface area contributed by atoms with Crippen LogP contribution in [-0.4, -0.2) is 37.6 Å². The second-order valence-electron chi connectivity index (χ2n) is 3.95. The predicted octanol–water partition coefficient (Wildman–Crippen LogP) is 2.22. The van der Waals surface area contributed by atoms with Gasteiger partial charge in [0.1, 0.15) is 5.75 Å². The molecule has 99 valence electrons. The third kappa shape index (κ3) is 3.89. The molecule has 6 heteroatoms. The van der Waals surface area contributed by atoms with Crippen molar-refractivity contribution in [1.82, 2.24) is 4.90 Å². The van der Waals surface area contributed by atoms with Gasteiger partial charge in [-0.25, -0.2) is 0 Å². The van der Waals surface area contributed by atoms with Gasteiger partial charge < -0.3 is 9.47 Å². The molecule has 1 heterocycles. The van der Waals surface area contributed by atoms with Gasteiger partial charge in [-0.15, -0.1) is 13.2 Å². The van der Waals surface area contributed by atoms with Crippen LogP contribution in [0.15, 0.2) is 18.2 Å². The molecule has 0 bridgehead atoms. The Kier molecular flexibility index (Phi) is 4.08. The lowest BCUT2D eigenvalue weighted by molar-refractivity contribution is -0.275. The van der Waals surface area contributed by atoms with E-state index in [0.29, 0.717) is 38.4 Å². The van der Waals surface area contributed by atoms with E-state index in [-0.39, 0.29) is 5.75 Å². The molecule has 0 spiro atoms. The molecule has 18 heavy (non-hydrogen) atoms. The second kappa shape index (κ2) is 5.58. The summed E-state index contributed by atoms with van der Waals surface area (Å²) in [4.78, 5) is 2.01. The van der Waals surface area contributed by atoms with Gasteiger partial charge in [0, 0.05) is 25.2 Å². The average molecular weight is 260 g/mol. The number of alkyl halides is 3. The molecule has 1 aliphatic rings. The Balaban J connectivity index is 2.06. The Morgan fingerprint density at radius 3 is 2.72 bits per heavy atom. The van der Waals surface area contributed by atoms with Gasteiger partial charge in [0.2, 0.25) is 0 Å². The molecule has 0 aliphatic carbocycles. The molecule has 1 saturated heterocycles. The lowest BCUT2D eigenvalue weighted by Crippen LogP contribution is -2.35. The maximum absolute atomic E-state index is 12.2. The Labute approximate surface area is 103 Å². The van der Waals surface area contributed by atoms with Gasteiger partial charge in [0.05, 0.1) is 13.2 Å². The van der Waals surface area contributed by atoms with E-state index < -0.39 is 6.36 Å². The van der Waals surface area contributed by atoms with E-state index in [2.05, 4.69) is 10.8 Å². The number of halogens is 3. The van der Waals surface area contributed by atoms with Crippen molar-refractivity contribution < 1.29 is 22.6 Å². The summed E-state index contributed by atoms with van der Waals surface area (Å²) in [7, 11) is 0. The zero-order valence-electron chi connectivity index (χ0n) is 9.67. The van der Waals surface area contributed by atoms with Crippen molar-refractivity contribution in [1.29, 1.82) is 0 Å². The fourth-order valence-electron chi connectivity index (χ4n) is 1.78. The van der Waals surface area contributed by atoms with Gasteiger partial charge in [-0.2, -0.15) is 0 Å². The van der Waals surface area contributed by atoms with E-state index in [1.165, 1.54) is 12.1 Å². The summed E-state index contributed by atoms with van der Waals surface area (Å²) in [6.45, 7) is 2.99. The summed E-state index contributed by atoms with van der Waals surface area (Å²) in [5.74, 6) is -0.184. The molecule has 1 aromatic carbocycles. The van der Waals surface area contributed by atoms with E-state index in [1.54, 1.807) is 6.07 Å². The minimum Gasteiger partial charge on any atom is -0.405 e. The molecule has 1 radical (unpaired) electrons. The minimum atomic E-state index is -4.67. The highest BCUT2D eigenvalue weighted by Crippen LogP contribution is 2.26. The number of nitrogens with zero attached hydrogens (tertiary/aromatic N) is 1. The van der Waals surface area contributed by atoms with Gasteiger partial charge in [-0.1, -0.05) is 12.1 Å². The van der Waals surface area contributed by atoms with Gasteiger partial charge in [0.15, 0.2) is 0 Å². The van der Waals surface area contributed by atoms with Gasteiger partial charge in [0.25, 0.3) is 0 Å². The molecule has 0 unspecified atom stereocenters. The maximum Gasteiger partial charge on any atom is 0.573 e. The van der Waals surface area contributed by atoms with Gasteiger partial charge in [-0.3, -0.25) is 4.90 Å². The van der Waals surface area contributed by atoms with Crippen molar-refractivity contribution in [3.63, 3.8) is 0 Å². The summed E-state index contributed by atoms with van der Waals surface area (Å²) in [5, 5.41) is 0. The van der Waals surface area contributed by atoms with E-state index in [4.69, 9.17) is 4.74 Å².